The number of hydrogen-bond acceptors (Lipinski definition) is 3. The Morgan fingerprint density at radius 3 is 3.00 bits per heavy atom. The van der Waals surface area contributed by atoms with E-state index in [0.717, 1.165) is 28.8 Å². The van der Waals surface area contributed by atoms with Crippen molar-refractivity contribution in [1.29, 1.82) is 0 Å². The molecule has 2 atom stereocenters. The summed E-state index contributed by atoms with van der Waals surface area (Å²) in [6.45, 7) is 4.69. The van der Waals surface area contributed by atoms with Crippen molar-refractivity contribution in [3.8, 4) is 5.75 Å². The number of ether oxygens (including phenoxy) is 1. The Balaban J connectivity index is 1.65. The average molecular weight is 373 g/mol. The van der Waals surface area contributed by atoms with E-state index in [0.29, 0.717) is 23.7 Å². The number of hydrogen-bond donors (Lipinski definition) is 1. The van der Waals surface area contributed by atoms with Crippen LogP contribution in [-0.2, 0) is 13.0 Å². The van der Waals surface area contributed by atoms with Gasteiger partial charge in [-0.25, -0.2) is 0 Å². The summed E-state index contributed by atoms with van der Waals surface area (Å²) >= 11 is 6.36. The van der Waals surface area contributed by atoms with Crippen LogP contribution >= 0.6 is 11.6 Å². The SMILES string of the molecule is CC[C@H]1Cn2c(C(=O)N[C@H](C)Cc3ccco3)cc3c(Cl)ccc(c32)O1. The van der Waals surface area contributed by atoms with Crippen LogP contribution in [0.2, 0.25) is 5.02 Å². The molecule has 3 heterocycles. The Morgan fingerprint density at radius 2 is 2.27 bits per heavy atom. The van der Waals surface area contributed by atoms with Gasteiger partial charge in [0.2, 0.25) is 0 Å². The lowest BCUT2D eigenvalue weighted by molar-refractivity contribution is 0.0923. The lowest BCUT2D eigenvalue weighted by Crippen LogP contribution is -2.36. The lowest BCUT2D eigenvalue weighted by atomic mass is 10.2. The largest absolute Gasteiger partial charge is 0.486 e. The van der Waals surface area contributed by atoms with E-state index in [4.69, 9.17) is 20.8 Å². The fourth-order valence-electron chi connectivity index (χ4n) is 3.50. The van der Waals surface area contributed by atoms with Crippen molar-refractivity contribution in [1.82, 2.24) is 9.88 Å². The van der Waals surface area contributed by atoms with Gasteiger partial charge >= 0.3 is 0 Å². The molecule has 3 aromatic rings. The summed E-state index contributed by atoms with van der Waals surface area (Å²) < 4.78 is 13.4. The number of nitrogens with one attached hydrogen (secondary N) is 1. The highest BCUT2D eigenvalue weighted by Gasteiger charge is 2.27. The van der Waals surface area contributed by atoms with Gasteiger partial charge in [-0.2, -0.15) is 0 Å². The fraction of sp³-hybridized carbons (Fsp3) is 0.350. The number of amides is 1. The van der Waals surface area contributed by atoms with Gasteiger partial charge in [0.25, 0.3) is 5.91 Å². The van der Waals surface area contributed by atoms with E-state index in [9.17, 15) is 4.79 Å². The second kappa shape index (κ2) is 6.72. The summed E-state index contributed by atoms with van der Waals surface area (Å²) in [6, 6.07) is 9.27. The standard InChI is InChI=1S/C20H21ClN2O3/c1-3-13-11-23-17(10-15-16(21)6-7-18(26-13)19(15)23)20(24)22-12(2)9-14-5-4-8-25-14/h4-8,10,12-13H,3,9,11H2,1-2H3,(H,22,24)/t12-,13+/m1/s1. The minimum Gasteiger partial charge on any atom is -0.486 e. The van der Waals surface area contributed by atoms with Crippen molar-refractivity contribution >= 4 is 28.4 Å². The quantitative estimate of drug-likeness (QED) is 0.721. The molecular weight excluding hydrogens is 352 g/mol. The van der Waals surface area contributed by atoms with Crippen LogP contribution in [0.25, 0.3) is 10.9 Å². The van der Waals surface area contributed by atoms with Gasteiger partial charge in [-0.15, -0.1) is 0 Å². The predicted octanol–water partition coefficient (Wildman–Crippen LogP) is 4.42. The van der Waals surface area contributed by atoms with Gasteiger partial charge < -0.3 is 19.0 Å². The number of aromatic nitrogens is 1. The van der Waals surface area contributed by atoms with Gasteiger partial charge in [0.15, 0.2) is 0 Å². The average Bonchev–Trinajstić information content (AvgIpc) is 3.26. The molecule has 26 heavy (non-hydrogen) atoms. The molecule has 1 aromatic carbocycles. The van der Waals surface area contributed by atoms with Crippen molar-refractivity contribution in [2.75, 3.05) is 0 Å². The number of furan rings is 1. The van der Waals surface area contributed by atoms with Gasteiger partial charge in [-0.3, -0.25) is 4.79 Å². The first-order chi connectivity index (χ1) is 12.6. The third kappa shape index (κ3) is 2.97. The summed E-state index contributed by atoms with van der Waals surface area (Å²) in [5, 5.41) is 4.54. The highest BCUT2D eigenvalue weighted by Crippen LogP contribution is 2.38. The van der Waals surface area contributed by atoms with Crippen molar-refractivity contribution in [3.05, 3.63) is 53.1 Å². The fourth-order valence-corrected chi connectivity index (χ4v) is 3.71. The molecule has 0 radical (unpaired) electrons. The molecule has 1 N–H and O–H groups in total. The van der Waals surface area contributed by atoms with Crippen LogP contribution < -0.4 is 10.1 Å². The van der Waals surface area contributed by atoms with E-state index in [2.05, 4.69) is 12.2 Å². The molecule has 0 fully saturated rings. The van der Waals surface area contributed by atoms with E-state index < -0.39 is 0 Å². The Hall–Kier alpha value is -2.40. The molecule has 0 saturated carbocycles. The zero-order chi connectivity index (χ0) is 18.3. The molecule has 6 heteroatoms. The Morgan fingerprint density at radius 1 is 1.42 bits per heavy atom. The maximum atomic E-state index is 12.9. The second-order valence-corrected chi connectivity index (χ2v) is 7.16. The minimum absolute atomic E-state index is 0.0452. The van der Waals surface area contributed by atoms with Crippen LogP contribution in [0.3, 0.4) is 0 Å². The molecule has 1 aliphatic rings. The molecule has 1 aliphatic heterocycles. The maximum absolute atomic E-state index is 12.9. The molecule has 0 aliphatic carbocycles. The summed E-state index contributed by atoms with van der Waals surface area (Å²) in [5.74, 6) is 1.52. The highest BCUT2D eigenvalue weighted by atomic mass is 35.5. The summed E-state index contributed by atoms with van der Waals surface area (Å²) in [7, 11) is 0. The van der Waals surface area contributed by atoms with E-state index in [1.54, 1.807) is 6.26 Å². The zero-order valence-corrected chi connectivity index (χ0v) is 15.5. The predicted molar refractivity (Wildman–Crippen MR) is 101 cm³/mol. The molecule has 4 rings (SSSR count). The normalized spacial score (nSPS) is 17.1. The van der Waals surface area contributed by atoms with Crippen LogP contribution in [0.5, 0.6) is 5.75 Å². The van der Waals surface area contributed by atoms with Crippen LogP contribution in [-0.4, -0.2) is 22.6 Å². The number of benzene rings is 1. The second-order valence-electron chi connectivity index (χ2n) is 6.75. The number of halogens is 1. The molecule has 136 valence electrons. The van der Waals surface area contributed by atoms with Crippen molar-refractivity contribution in [2.24, 2.45) is 0 Å². The number of carbonyl (C=O) groups excluding carboxylic acids is 1. The first kappa shape index (κ1) is 17.0. The van der Waals surface area contributed by atoms with Crippen LogP contribution in [0.1, 0.15) is 36.5 Å². The van der Waals surface area contributed by atoms with Gasteiger partial charge in [0, 0.05) is 17.8 Å². The van der Waals surface area contributed by atoms with E-state index in [-0.39, 0.29) is 18.1 Å². The lowest BCUT2D eigenvalue weighted by Gasteiger charge is -2.26. The van der Waals surface area contributed by atoms with Gasteiger partial charge in [-0.1, -0.05) is 18.5 Å². The zero-order valence-electron chi connectivity index (χ0n) is 14.8. The van der Waals surface area contributed by atoms with Crippen molar-refractivity contribution in [2.45, 2.75) is 45.4 Å². The molecule has 2 aromatic heterocycles. The molecular formula is C20H21ClN2O3. The molecule has 0 saturated heterocycles. The summed E-state index contributed by atoms with van der Waals surface area (Å²) in [5.41, 5.74) is 1.51. The van der Waals surface area contributed by atoms with E-state index in [1.807, 2.05) is 41.8 Å². The third-order valence-electron chi connectivity index (χ3n) is 4.80. The van der Waals surface area contributed by atoms with Crippen molar-refractivity contribution < 1.29 is 13.9 Å². The smallest absolute Gasteiger partial charge is 0.268 e. The molecule has 0 bridgehead atoms. The summed E-state index contributed by atoms with van der Waals surface area (Å²) in [6.07, 6.45) is 3.21. The highest BCUT2D eigenvalue weighted by molar-refractivity contribution is 6.36. The van der Waals surface area contributed by atoms with Crippen LogP contribution in [0, 0.1) is 0 Å². The minimum atomic E-state index is -0.112. The monoisotopic (exact) mass is 372 g/mol. The maximum Gasteiger partial charge on any atom is 0.268 e. The first-order valence-electron chi connectivity index (χ1n) is 8.88. The first-order valence-corrected chi connectivity index (χ1v) is 9.26. The summed E-state index contributed by atoms with van der Waals surface area (Å²) in [4.78, 5) is 12.9. The number of rotatable bonds is 5. The number of carbonyl (C=O) groups is 1. The van der Waals surface area contributed by atoms with Crippen molar-refractivity contribution in [3.63, 3.8) is 0 Å². The van der Waals surface area contributed by atoms with Crippen LogP contribution in [0.4, 0.5) is 0 Å². The third-order valence-corrected chi connectivity index (χ3v) is 5.13. The van der Waals surface area contributed by atoms with Gasteiger partial charge in [0.05, 0.1) is 23.3 Å². The molecule has 0 spiro atoms. The molecule has 1 amide bonds. The Kier molecular flexibility index (Phi) is 4.41. The number of nitrogens with zero attached hydrogens (tertiary/aromatic N) is 1. The Bertz CT molecular complexity index is 946. The Labute approximate surface area is 156 Å². The van der Waals surface area contributed by atoms with E-state index in [1.165, 1.54) is 0 Å². The topological polar surface area (TPSA) is 56.4 Å². The van der Waals surface area contributed by atoms with E-state index >= 15 is 0 Å². The van der Waals surface area contributed by atoms with Gasteiger partial charge in [0.1, 0.15) is 23.3 Å². The molecule has 0 unspecified atom stereocenters. The van der Waals surface area contributed by atoms with Crippen LogP contribution in [0.15, 0.2) is 41.0 Å². The molecule has 5 nitrogen and oxygen atoms in total. The van der Waals surface area contributed by atoms with Gasteiger partial charge in [-0.05, 0) is 43.7 Å².